The first-order valence-corrected chi connectivity index (χ1v) is 12.1. The number of H-pyrrole nitrogens is 1. The van der Waals surface area contributed by atoms with E-state index in [0.29, 0.717) is 29.4 Å². The van der Waals surface area contributed by atoms with Crippen LogP contribution in [0.15, 0.2) is 53.6 Å². The molecule has 0 bridgehead atoms. The molecule has 200 valence electrons. The van der Waals surface area contributed by atoms with E-state index in [1.54, 1.807) is 31.4 Å². The molecule has 1 aliphatic rings. The van der Waals surface area contributed by atoms with Gasteiger partial charge in [0.05, 0.1) is 19.3 Å². The Bertz CT molecular complexity index is 1580. The van der Waals surface area contributed by atoms with Crippen LogP contribution in [-0.4, -0.2) is 50.3 Å². The van der Waals surface area contributed by atoms with Crippen LogP contribution in [0.3, 0.4) is 0 Å². The van der Waals surface area contributed by atoms with E-state index in [0.717, 1.165) is 23.1 Å². The molecular formula is C26H26N8O5. The summed E-state index contributed by atoms with van der Waals surface area (Å²) < 4.78 is 18.0. The van der Waals surface area contributed by atoms with Gasteiger partial charge in [0, 0.05) is 36.6 Å². The molecule has 0 spiro atoms. The van der Waals surface area contributed by atoms with Gasteiger partial charge in [0.15, 0.2) is 5.82 Å². The third kappa shape index (κ3) is 5.28. The topological polar surface area (TPSA) is 183 Å². The van der Waals surface area contributed by atoms with Gasteiger partial charge >= 0.3 is 11.7 Å². The molecule has 0 aliphatic carbocycles. The van der Waals surface area contributed by atoms with Crippen molar-refractivity contribution in [3.63, 3.8) is 0 Å². The van der Waals surface area contributed by atoms with E-state index in [1.165, 1.54) is 19.3 Å². The van der Waals surface area contributed by atoms with Crippen molar-refractivity contribution in [2.24, 2.45) is 5.73 Å². The lowest BCUT2D eigenvalue weighted by atomic mass is 9.98. The summed E-state index contributed by atoms with van der Waals surface area (Å²) in [5.41, 5.74) is 7.56. The number of nitrogens with one attached hydrogen (secondary N) is 3. The van der Waals surface area contributed by atoms with Crippen molar-refractivity contribution in [1.82, 2.24) is 24.7 Å². The molecule has 39 heavy (non-hydrogen) atoms. The van der Waals surface area contributed by atoms with Crippen LogP contribution in [0.4, 0.5) is 5.69 Å². The Morgan fingerprint density at radius 3 is 2.74 bits per heavy atom. The van der Waals surface area contributed by atoms with Crippen LogP contribution >= 0.6 is 0 Å². The highest BCUT2D eigenvalue weighted by Crippen LogP contribution is 2.38. The molecule has 13 heteroatoms. The van der Waals surface area contributed by atoms with E-state index in [4.69, 9.17) is 25.4 Å². The minimum absolute atomic E-state index is 0.109. The van der Waals surface area contributed by atoms with Crippen molar-refractivity contribution in [3.8, 4) is 23.2 Å². The Morgan fingerprint density at radius 2 is 2.03 bits per heavy atom. The molecule has 4 aromatic rings. The zero-order valence-corrected chi connectivity index (χ0v) is 21.2. The molecule has 13 nitrogen and oxygen atoms in total. The van der Waals surface area contributed by atoms with Crippen LogP contribution in [-0.2, 0) is 11.2 Å². The van der Waals surface area contributed by atoms with Crippen LogP contribution in [0.2, 0.25) is 0 Å². The Balaban J connectivity index is 1.63. The summed E-state index contributed by atoms with van der Waals surface area (Å²) in [5.74, 6) is 0.998. The highest BCUT2D eigenvalue weighted by molar-refractivity contribution is 5.98. The highest BCUT2D eigenvalue weighted by atomic mass is 16.5. The minimum atomic E-state index is -0.722. The summed E-state index contributed by atoms with van der Waals surface area (Å²) in [5, 5.41) is 15.6. The number of rotatable bonds is 8. The number of hydrogen-bond donors (Lipinski definition) is 4. The third-order valence-corrected chi connectivity index (χ3v) is 6.06. The molecule has 1 atom stereocenters. The van der Waals surface area contributed by atoms with Gasteiger partial charge in [-0.25, -0.2) is 14.8 Å². The van der Waals surface area contributed by atoms with Crippen molar-refractivity contribution >= 4 is 17.5 Å². The largest absolute Gasteiger partial charge is 0.496 e. The van der Waals surface area contributed by atoms with E-state index >= 15 is 0 Å². The Hall–Kier alpha value is -5.20. The normalized spacial score (nSPS) is 13.1. The molecule has 0 saturated heterocycles. The molecule has 5 rings (SSSR count). The lowest BCUT2D eigenvalue weighted by molar-refractivity contribution is -0.131. The Kier molecular flexibility index (Phi) is 6.95. The number of benzene rings is 2. The quantitative estimate of drug-likeness (QED) is 0.114. The van der Waals surface area contributed by atoms with Crippen molar-refractivity contribution in [3.05, 3.63) is 81.8 Å². The van der Waals surface area contributed by atoms with E-state index in [2.05, 4.69) is 25.4 Å². The number of nitrogens with two attached hydrogens (primary N) is 1. The number of anilines is 1. The van der Waals surface area contributed by atoms with Crippen LogP contribution in [0, 0.1) is 5.41 Å². The summed E-state index contributed by atoms with van der Waals surface area (Å²) in [4.78, 5) is 35.6. The number of aromatic amines is 1. The van der Waals surface area contributed by atoms with Gasteiger partial charge in [0.25, 0.3) is 5.95 Å². The maximum atomic E-state index is 12.9. The second-order valence-corrected chi connectivity index (χ2v) is 8.72. The molecule has 0 radical (unpaired) electrons. The number of methoxy groups -OCH3 is 1. The maximum Gasteiger partial charge on any atom is 0.350 e. The average Bonchev–Trinajstić information content (AvgIpc) is 3.32. The fourth-order valence-electron chi connectivity index (χ4n) is 4.35. The molecule has 3 heterocycles. The van der Waals surface area contributed by atoms with Gasteiger partial charge in [0.2, 0.25) is 0 Å². The molecule has 2 aromatic heterocycles. The molecule has 0 fully saturated rings. The van der Waals surface area contributed by atoms with E-state index in [-0.39, 0.29) is 28.9 Å². The lowest BCUT2D eigenvalue weighted by Gasteiger charge is -2.24. The molecular weight excluding hydrogens is 504 g/mol. The first-order valence-electron chi connectivity index (χ1n) is 12.1. The number of carbonyl (C=O) groups is 1. The molecule has 0 saturated carbocycles. The van der Waals surface area contributed by atoms with Gasteiger partial charge in [-0.1, -0.05) is 0 Å². The minimum Gasteiger partial charge on any atom is -0.496 e. The number of ether oxygens (including phenoxy) is 3. The number of aromatic nitrogens is 5. The zero-order chi connectivity index (χ0) is 27.5. The predicted molar refractivity (Wildman–Crippen MR) is 141 cm³/mol. The molecule has 0 unspecified atom stereocenters. The second-order valence-electron chi connectivity index (χ2n) is 8.72. The summed E-state index contributed by atoms with van der Waals surface area (Å²) in [6.07, 6.45) is 4.71. The van der Waals surface area contributed by atoms with Gasteiger partial charge in [-0.2, -0.15) is 0 Å². The fraction of sp³-hybridized carbons (Fsp3) is 0.231. The van der Waals surface area contributed by atoms with Crippen LogP contribution in [0.1, 0.15) is 41.9 Å². The fourth-order valence-corrected chi connectivity index (χ4v) is 4.35. The molecule has 1 aliphatic heterocycles. The van der Waals surface area contributed by atoms with Gasteiger partial charge < -0.3 is 25.3 Å². The predicted octanol–water partition coefficient (Wildman–Crippen LogP) is 2.10. The van der Waals surface area contributed by atoms with Crippen molar-refractivity contribution in [2.45, 2.75) is 25.8 Å². The smallest absolute Gasteiger partial charge is 0.350 e. The van der Waals surface area contributed by atoms with Crippen molar-refractivity contribution in [1.29, 1.82) is 5.41 Å². The lowest BCUT2D eigenvalue weighted by Crippen LogP contribution is -2.18. The summed E-state index contributed by atoms with van der Waals surface area (Å²) in [6.45, 7) is 1.84. The summed E-state index contributed by atoms with van der Waals surface area (Å²) in [6, 6.07) is 9.44. The molecule has 0 amide bonds. The number of nitrogen functional groups attached to an aromatic ring is 1. The first kappa shape index (κ1) is 25.4. The average molecular weight is 531 g/mol. The number of amidine groups is 1. The van der Waals surface area contributed by atoms with Gasteiger partial charge in [-0.3, -0.25) is 15.2 Å². The first-order chi connectivity index (χ1) is 18.8. The van der Waals surface area contributed by atoms with Crippen molar-refractivity contribution in [2.75, 3.05) is 19.0 Å². The zero-order valence-electron chi connectivity index (χ0n) is 21.2. The number of nitrogens with zero attached hydrogens (tertiary/aromatic N) is 4. The van der Waals surface area contributed by atoms with Gasteiger partial charge in [0.1, 0.15) is 29.1 Å². The summed E-state index contributed by atoms with van der Waals surface area (Å²) in [7, 11) is 1.59. The number of fused-ring (bicyclic) bond motifs is 1. The third-order valence-electron chi connectivity index (χ3n) is 6.06. The van der Waals surface area contributed by atoms with Crippen molar-refractivity contribution < 1.29 is 19.0 Å². The van der Waals surface area contributed by atoms with Crippen LogP contribution in [0.5, 0.6) is 17.2 Å². The number of carbonyl (C=O) groups excluding carboxylic acids is 1. The summed E-state index contributed by atoms with van der Waals surface area (Å²) >= 11 is 0. The molecule has 2 aromatic carbocycles. The maximum absolute atomic E-state index is 12.9. The van der Waals surface area contributed by atoms with E-state index in [1.807, 2.05) is 12.1 Å². The highest BCUT2D eigenvalue weighted by Gasteiger charge is 2.26. The Labute approximate surface area is 222 Å². The SMILES string of the molecule is COc1cc([C@H](Nc2ccc(C(=N)N)c(OC(C)=O)c2)c2nn(-c3ncccn3)c(=O)[nH]2)cc2c1CCCO2. The van der Waals surface area contributed by atoms with Gasteiger partial charge in [-0.15, -0.1) is 9.78 Å². The number of hydrogen-bond acceptors (Lipinski definition) is 10. The second kappa shape index (κ2) is 10.7. The number of esters is 1. The van der Waals surface area contributed by atoms with E-state index < -0.39 is 17.7 Å². The standard InChI is InChI=1S/C26H26N8O5/c1-14(35)39-21-13-16(6-7-18(21)23(27)28)31-22(15-11-19(37-2)17-5-3-10-38-20(17)12-15)24-32-26(36)34(33-24)25-29-8-4-9-30-25/h4,6-9,11-13,22,31H,3,5,10H2,1-2H3,(H3,27,28)(H,32,33,36)/t22-/m0/s1. The Morgan fingerprint density at radius 1 is 1.23 bits per heavy atom. The van der Waals surface area contributed by atoms with Crippen LogP contribution < -0.4 is 31.0 Å². The molecule has 5 N–H and O–H groups in total. The monoisotopic (exact) mass is 530 g/mol. The van der Waals surface area contributed by atoms with E-state index in [9.17, 15) is 9.59 Å². The van der Waals surface area contributed by atoms with Gasteiger partial charge in [-0.05, 0) is 48.7 Å². The van der Waals surface area contributed by atoms with Crippen LogP contribution in [0.25, 0.3) is 5.95 Å².